The van der Waals surface area contributed by atoms with Crippen molar-refractivity contribution < 1.29 is 14.1 Å². The van der Waals surface area contributed by atoms with E-state index in [1.54, 1.807) is 12.5 Å². The SMILES string of the molecule is Cc1noc(C)c1CCC(=O)N1CCOCC(Cc2ccncn2)C1. The minimum absolute atomic E-state index is 0.151. The number of carbonyl (C=O) groups is 1. The van der Waals surface area contributed by atoms with Crippen LogP contribution in [0.3, 0.4) is 0 Å². The van der Waals surface area contributed by atoms with Crippen molar-refractivity contribution in [2.75, 3.05) is 26.3 Å². The molecule has 3 rings (SSSR count). The summed E-state index contributed by atoms with van der Waals surface area (Å²) in [7, 11) is 0. The molecule has 0 spiro atoms. The molecule has 25 heavy (non-hydrogen) atoms. The van der Waals surface area contributed by atoms with Crippen molar-refractivity contribution in [1.82, 2.24) is 20.0 Å². The van der Waals surface area contributed by atoms with Gasteiger partial charge in [-0.15, -0.1) is 0 Å². The smallest absolute Gasteiger partial charge is 0.222 e. The summed E-state index contributed by atoms with van der Waals surface area (Å²) in [6.07, 6.45) is 5.21. The summed E-state index contributed by atoms with van der Waals surface area (Å²) in [5.41, 5.74) is 2.89. The normalized spacial score (nSPS) is 18.2. The number of hydrogen-bond donors (Lipinski definition) is 0. The Balaban J connectivity index is 1.57. The lowest BCUT2D eigenvalue weighted by molar-refractivity contribution is -0.131. The van der Waals surface area contributed by atoms with E-state index in [9.17, 15) is 4.79 Å². The summed E-state index contributed by atoms with van der Waals surface area (Å²) >= 11 is 0. The summed E-state index contributed by atoms with van der Waals surface area (Å²) in [5.74, 6) is 1.20. The van der Waals surface area contributed by atoms with Gasteiger partial charge in [-0.1, -0.05) is 5.16 Å². The van der Waals surface area contributed by atoms with Crippen LogP contribution in [0.15, 0.2) is 23.1 Å². The molecule has 7 heteroatoms. The highest BCUT2D eigenvalue weighted by molar-refractivity contribution is 5.76. The molecular weight excluding hydrogens is 320 g/mol. The number of aromatic nitrogens is 3. The Hall–Kier alpha value is -2.28. The van der Waals surface area contributed by atoms with Crippen molar-refractivity contribution in [3.63, 3.8) is 0 Å². The maximum Gasteiger partial charge on any atom is 0.222 e. The highest BCUT2D eigenvalue weighted by Crippen LogP contribution is 2.17. The third kappa shape index (κ3) is 4.63. The largest absolute Gasteiger partial charge is 0.379 e. The molecular formula is C18H24N4O3. The van der Waals surface area contributed by atoms with E-state index in [0.29, 0.717) is 39.1 Å². The molecule has 1 amide bonds. The summed E-state index contributed by atoms with van der Waals surface area (Å²) in [6, 6.07) is 1.91. The van der Waals surface area contributed by atoms with Crippen molar-refractivity contribution in [3.8, 4) is 0 Å². The van der Waals surface area contributed by atoms with Gasteiger partial charge in [-0.3, -0.25) is 4.79 Å². The molecule has 1 atom stereocenters. The molecule has 2 aromatic heterocycles. The second kappa shape index (κ2) is 8.20. The van der Waals surface area contributed by atoms with Gasteiger partial charge in [0.15, 0.2) is 0 Å². The van der Waals surface area contributed by atoms with Gasteiger partial charge in [0.2, 0.25) is 5.91 Å². The number of carbonyl (C=O) groups excluding carboxylic acids is 1. The van der Waals surface area contributed by atoms with Crippen LogP contribution in [-0.4, -0.2) is 52.2 Å². The van der Waals surface area contributed by atoms with Gasteiger partial charge in [-0.25, -0.2) is 9.97 Å². The first-order valence-electron chi connectivity index (χ1n) is 8.65. The fourth-order valence-electron chi connectivity index (χ4n) is 3.21. The Kier molecular flexibility index (Phi) is 5.75. The van der Waals surface area contributed by atoms with Crippen molar-refractivity contribution in [2.45, 2.75) is 33.1 Å². The molecule has 7 nitrogen and oxygen atoms in total. The number of aryl methyl sites for hydroxylation is 2. The van der Waals surface area contributed by atoms with Crippen molar-refractivity contribution >= 4 is 5.91 Å². The van der Waals surface area contributed by atoms with Crippen LogP contribution in [0, 0.1) is 19.8 Å². The van der Waals surface area contributed by atoms with Gasteiger partial charge < -0.3 is 14.2 Å². The van der Waals surface area contributed by atoms with Crippen LogP contribution in [-0.2, 0) is 22.4 Å². The van der Waals surface area contributed by atoms with E-state index < -0.39 is 0 Å². The molecule has 134 valence electrons. The minimum Gasteiger partial charge on any atom is -0.379 e. The van der Waals surface area contributed by atoms with Crippen LogP contribution < -0.4 is 0 Å². The molecule has 0 bridgehead atoms. The predicted octanol–water partition coefficient (Wildman–Crippen LogP) is 1.73. The van der Waals surface area contributed by atoms with Crippen LogP contribution >= 0.6 is 0 Å². The van der Waals surface area contributed by atoms with Crippen LogP contribution in [0.5, 0.6) is 0 Å². The van der Waals surface area contributed by atoms with E-state index in [2.05, 4.69) is 15.1 Å². The lowest BCUT2D eigenvalue weighted by Crippen LogP contribution is -2.36. The predicted molar refractivity (Wildman–Crippen MR) is 90.9 cm³/mol. The van der Waals surface area contributed by atoms with Gasteiger partial charge in [0, 0.05) is 42.9 Å². The highest BCUT2D eigenvalue weighted by atomic mass is 16.5. The van der Waals surface area contributed by atoms with Crippen molar-refractivity contribution in [2.24, 2.45) is 5.92 Å². The standard InChI is InChI=1S/C18H24N4O3/c1-13-17(14(2)25-21-13)3-4-18(23)22-7-8-24-11-15(10-22)9-16-5-6-19-12-20-16/h5-6,12,15H,3-4,7-11H2,1-2H3. The molecule has 1 unspecified atom stereocenters. The number of rotatable bonds is 5. The van der Waals surface area contributed by atoms with Gasteiger partial charge >= 0.3 is 0 Å². The maximum absolute atomic E-state index is 12.7. The zero-order chi connectivity index (χ0) is 17.6. The number of nitrogens with zero attached hydrogens (tertiary/aromatic N) is 4. The van der Waals surface area contributed by atoms with Gasteiger partial charge in [0.25, 0.3) is 0 Å². The molecule has 1 aliphatic heterocycles. The van der Waals surface area contributed by atoms with E-state index >= 15 is 0 Å². The van der Waals surface area contributed by atoms with Gasteiger partial charge in [-0.2, -0.15) is 0 Å². The van der Waals surface area contributed by atoms with Crippen molar-refractivity contribution in [3.05, 3.63) is 41.3 Å². The number of hydrogen-bond acceptors (Lipinski definition) is 6. The fourth-order valence-corrected chi connectivity index (χ4v) is 3.21. The van der Waals surface area contributed by atoms with Crippen LogP contribution in [0.2, 0.25) is 0 Å². The number of amides is 1. The second-order valence-corrected chi connectivity index (χ2v) is 6.49. The quantitative estimate of drug-likeness (QED) is 0.822. The zero-order valence-corrected chi connectivity index (χ0v) is 14.8. The van der Waals surface area contributed by atoms with Crippen LogP contribution in [0.1, 0.15) is 29.1 Å². The lowest BCUT2D eigenvalue weighted by Gasteiger charge is -2.23. The van der Waals surface area contributed by atoms with Gasteiger partial charge in [0.05, 0.1) is 18.9 Å². The van der Waals surface area contributed by atoms with Crippen molar-refractivity contribution in [1.29, 1.82) is 0 Å². The number of ether oxygens (including phenoxy) is 1. The van der Waals surface area contributed by atoms with E-state index in [-0.39, 0.29) is 11.8 Å². The first kappa shape index (κ1) is 17.5. The molecule has 0 saturated carbocycles. The fraction of sp³-hybridized carbons (Fsp3) is 0.556. The Morgan fingerprint density at radius 2 is 2.28 bits per heavy atom. The van der Waals surface area contributed by atoms with E-state index in [4.69, 9.17) is 9.26 Å². The van der Waals surface area contributed by atoms with Gasteiger partial charge in [-0.05, 0) is 32.8 Å². The molecule has 0 radical (unpaired) electrons. The summed E-state index contributed by atoms with van der Waals surface area (Å²) in [4.78, 5) is 22.8. The third-order valence-electron chi connectivity index (χ3n) is 4.60. The van der Waals surface area contributed by atoms with Gasteiger partial charge in [0.1, 0.15) is 12.1 Å². The molecule has 3 heterocycles. The van der Waals surface area contributed by atoms with Crippen LogP contribution in [0.25, 0.3) is 0 Å². The first-order valence-corrected chi connectivity index (χ1v) is 8.65. The average Bonchev–Trinajstić information content (AvgIpc) is 2.81. The van der Waals surface area contributed by atoms with E-state index in [1.807, 2.05) is 24.8 Å². The molecule has 0 aromatic carbocycles. The maximum atomic E-state index is 12.7. The average molecular weight is 344 g/mol. The monoisotopic (exact) mass is 344 g/mol. The summed E-state index contributed by atoms with van der Waals surface area (Å²) in [5, 5.41) is 3.95. The van der Waals surface area contributed by atoms with E-state index in [0.717, 1.165) is 29.1 Å². The minimum atomic E-state index is 0.151. The molecule has 1 aliphatic rings. The Morgan fingerprint density at radius 3 is 3.00 bits per heavy atom. The molecule has 1 fully saturated rings. The Bertz CT molecular complexity index is 682. The Labute approximate surface area is 147 Å². The molecule has 1 saturated heterocycles. The van der Waals surface area contributed by atoms with E-state index in [1.165, 1.54) is 0 Å². The summed E-state index contributed by atoms with van der Waals surface area (Å²) < 4.78 is 10.9. The Morgan fingerprint density at radius 1 is 1.40 bits per heavy atom. The molecule has 0 N–H and O–H groups in total. The zero-order valence-electron chi connectivity index (χ0n) is 14.8. The lowest BCUT2D eigenvalue weighted by atomic mass is 10.0. The van der Waals surface area contributed by atoms with Crippen LogP contribution in [0.4, 0.5) is 0 Å². The molecule has 2 aromatic rings. The third-order valence-corrected chi connectivity index (χ3v) is 4.60. The second-order valence-electron chi connectivity index (χ2n) is 6.49. The summed E-state index contributed by atoms with van der Waals surface area (Å²) in [6.45, 7) is 6.37. The highest BCUT2D eigenvalue weighted by Gasteiger charge is 2.23. The first-order chi connectivity index (χ1) is 12.1. The molecule has 0 aliphatic carbocycles. The topological polar surface area (TPSA) is 81.4 Å².